The number of ether oxygens (including phenoxy) is 3. The fraction of sp³-hybridized carbons (Fsp3) is 0.788. The number of aliphatic hydroxyl groups excluding tert-OH is 1. The first kappa shape index (κ1) is 30.8. The third-order valence-corrected chi connectivity index (χ3v) is 10.7. The Kier molecular flexibility index (Phi) is 9.23. The van der Waals surface area contributed by atoms with Crippen LogP contribution in [0, 0.1) is 46.3 Å². The highest BCUT2D eigenvalue weighted by Crippen LogP contribution is 2.68. The van der Waals surface area contributed by atoms with Crippen LogP contribution in [0.2, 0.25) is 0 Å². The van der Waals surface area contributed by atoms with E-state index in [1.54, 1.807) is 0 Å². The molecule has 3 fully saturated rings. The standard InChI is InChI=1S/C33H50O7/c1-19(2)9-8-10-20(3)31-29(39-22(5)35)16-27-25-12-11-24-15-28(37)30(40-23(6)36)17-32(24,7)26(25)13-14-33(27,31)18-38-21(4)34/h8,10-11,19-20,25-31,37H,9,12-18H2,1-7H3. The molecule has 10 unspecified atom stereocenters. The molecule has 0 aromatic heterocycles. The second kappa shape index (κ2) is 12.0. The topological polar surface area (TPSA) is 99.1 Å². The Morgan fingerprint density at radius 2 is 1.73 bits per heavy atom. The lowest BCUT2D eigenvalue weighted by atomic mass is 9.46. The van der Waals surface area contributed by atoms with Gasteiger partial charge in [-0.3, -0.25) is 14.4 Å². The molecule has 3 saturated carbocycles. The summed E-state index contributed by atoms with van der Waals surface area (Å²) >= 11 is 0. The zero-order valence-corrected chi connectivity index (χ0v) is 25.5. The number of rotatable bonds is 8. The smallest absolute Gasteiger partial charge is 0.302 e. The number of carbonyl (C=O) groups is 3. The molecule has 0 aromatic carbocycles. The van der Waals surface area contributed by atoms with E-state index in [0.29, 0.717) is 37.2 Å². The SMILES string of the molecule is CC(=O)OCC12CCC3C(CC=C4CC(O)C(OC(C)=O)CC43C)C1CC(OC(C)=O)C2C(C)C=CCC(C)C. The van der Waals surface area contributed by atoms with Crippen molar-refractivity contribution in [2.75, 3.05) is 6.61 Å². The quantitative estimate of drug-likeness (QED) is 0.229. The number of allylic oxidation sites excluding steroid dienone is 3. The minimum absolute atomic E-state index is 0.0465. The average Bonchev–Trinajstić information content (AvgIpc) is 3.16. The zero-order valence-electron chi connectivity index (χ0n) is 25.5. The summed E-state index contributed by atoms with van der Waals surface area (Å²) in [4.78, 5) is 36.3. The Hall–Kier alpha value is -2.15. The van der Waals surface area contributed by atoms with Crippen LogP contribution in [0.3, 0.4) is 0 Å². The molecule has 7 heteroatoms. The third kappa shape index (κ3) is 5.91. The van der Waals surface area contributed by atoms with Crippen LogP contribution in [0.1, 0.15) is 93.4 Å². The Morgan fingerprint density at radius 1 is 1.05 bits per heavy atom. The minimum Gasteiger partial charge on any atom is -0.465 e. The first-order chi connectivity index (χ1) is 18.8. The van der Waals surface area contributed by atoms with Crippen molar-refractivity contribution < 1.29 is 33.7 Å². The van der Waals surface area contributed by atoms with E-state index in [4.69, 9.17) is 14.2 Å². The van der Waals surface area contributed by atoms with Gasteiger partial charge in [-0.2, -0.15) is 0 Å². The highest BCUT2D eigenvalue weighted by atomic mass is 16.6. The monoisotopic (exact) mass is 558 g/mol. The van der Waals surface area contributed by atoms with E-state index < -0.39 is 12.2 Å². The maximum atomic E-state index is 12.3. The average molecular weight is 559 g/mol. The zero-order chi connectivity index (χ0) is 29.4. The second-order valence-electron chi connectivity index (χ2n) is 13.8. The van der Waals surface area contributed by atoms with Crippen molar-refractivity contribution in [3.63, 3.8) is 0 Å². The summed E-state index contributed by atoms with van der Waals surface area (Å²) in [6, 6.07) is 0. The van der Waals surface area contributed by atoms with Gasteiger partial charge in [-0.15, -0.1) is 0 Å². The lowest BCUT2D eigenvalue weighted by molar-refractivity contribution is -0.165. The van der Waals surface area contributed by atoms with Gasteiger partial charge in [0, 0.05) is 32.1 Å². The molecule has 0 aromatic rings. The molecule has 7 nitrogen and oxygen atoms in total. The Labute approximate surface area is 240 Å². The molecule has 40 heavy (non-hydrogen) atoms. The number of esters is 3. The van der Waals surface area contributed by atoms with Crippen LogP contribution in [-0.4, -0.2) is 47.9 Å². The van der Waals surface area contributed by atoms with Crippen LogP contribution in [-0.2, 0) is 28.6 Å². The maximum absolute atomic E-state index is 12.3. The van der Waals surface area contributed by atoms with E-state index in [2.05, 4.69) is 45.9 Å². The molecule has 0 bridgehead atoms. The molecular formula is C33H50O7. The number of hydrogen-bond donors (Lipinski definition) is 1. The molecule has 10 atom stereocenters. The van der Waals surface area contributed by atoms with Crippen molar-refractivity contribution in [2.24, 2.45) is 46.3 Å². The summed E-state index contributed by atoms with van der Waals surface area (Å²) < 4.78 is 17.5. The number of fused-ring (bicyclic) bond motifs is 5. The highest BCUT2D eigenvalue weighted by Gasteiger charge is 2.65. The fourth-order valence-electron chi connectivity index (χ4n) is 9.23. The lowest BCUT2D eigenvalue weighted by Crippen LogP contribution is -2.55. The van der Waals surface area contributed by atoms with Crippen LogP contribution in [0.25, 0.3) is 0 Å². The molecule has 0 radical (unpaired) electrons. The van der Waals surface area contributed by atoms with Gasteiger partial charge < -0.3 is 19.3 Å². The van der Waals surface area contributed by atoms with Crippen molar-refractivity contribution in [3.8, 4) is 0 Å². The van der Waals surface area contributed by atoms with Crippen LogP contribution in [0.5, 0.6) is 0 Å². The van der Waals surface area contributed by atoms with Crippen molar-refractivity contribution in [2.45, 2.75) is 112 Å². The molecule has 0 amide bonds. The van der Waals surface area contributed by atoms with E-state index >= 15 is 0 Å². The van der Waals surface area contributed by atoms with Gasteiger partial charge in [-0.25, -0.2) is 0 Å². The summed E-state index contributed by atoms with van der Waals surface area (Å²) in [5.41, 5.74) is 0.793. The fourth-order valence-corrected chi connectivity index (χ4v) is 9.23. The van der Waals surface area contributed by atoms with Crippen LogP contribution >= 0.6 is 0 Å². The van der Waals surface area contributed by atoms with Gasteiger partial charge in [0.05, 0.1) is 12.7 Å². The summed E-state index contributed by atoms with van der Waals surface area (Å²) in [6.07, 6.45) is 11.0. The van der Waals surface area contributed by atoms with Crippen LogP contribution in [0.15, 0.2) is 23.8 Å². The van der Waals surface area contributed by atoms with E-state index in [1.807, 2.05) is 0 Å². The Bertz CT molecular complexity index is 1030. The van der Waals surface area contributed by atoms with E-state index in [0.717, 1.165) is 32.1 Å². The van der Waals surface area contributed by atoms with E-state index in [-0.39, 0.29) is 52.6 Å². The number of carbonyl (C=O) groups excluding carboxylic acids is 3. The summed E-state index contributed by atoms with van der Waals surface area (Å²) in [7, 11) is 0. The second-order valence-corrected chi connectivity index (χ2v) is 13.8. The molecule has 4 aliphatic carbocycles. The van der Waals surface area contributed by atoms with Crippen molar-refractivity contribution >= 4 is 17.9 Å². The molecule has 0 spiro atoms. The van der Waals surface area contributed by atoms with Gasteiger partial charge in [0.1, 0.15) is 12.2 Å². The normalized spacial score (nSPS) is 39.5. The largest absolute Gasteiger partial charge is 0.465 e. The number of hydrogen-bond acceptors (Lipinski definition) is 7. The van der Waals surface area contributed by atoms with E-state index in [9.17, 15) is 19.5 Å². The molecule has 224 valence electrons. The molecule has 0 aliphatic heterocycles. The van der Waals surface area contributed by atoms with E-state index in [1.165, 1.54) is 26.3 Å². The van der Waals surface area contributed by atoms with Crippen molar-refractivity contribution in [3.05, 3.63) is 23.8 Å². The van der Waals surface area contributed by atoms with Gasteiger partial charge in [0.15, 0.2) is 0 Å². The highest BCUT2D eigenvalue weighted by molar-refractivity contribution is 5.67. The Morgan fingerprint density at radius 3 is 2.35 bits per heavy atom. The van der Waals surface area contributed by atoms with Gasteiger partial charge in [-0.1, -0.05) is 51.5 Å². The summed E-state index contributed by atoms with van der Waals surface area (Å²) in [5.74, 6) is 0.731. The predicted octanol–water partition coefficient (Wildman–Crippen LogP) is 5.79. The van der Waals surface area contributed by atoms with Gasteiger partial charge in [0.25, 0.3) is 0 Å². The van der Waals surface area contributed by atoms with Crippen LogP contribution in [0.4, 0.5) is 0 Å². The molecule has 0 saturated heterocycles. The molecule has 4 rings (SSSR count). The predicted molar refractivity (Wildman–Crippen MR) is 152 cm³/mol. The minimum atomic E-state index is -0.686. The van der Waals surface area contributed by atoms with Crippen molar-refractivity contribution in [1.82, 2.24) is 0 Å². The summed E-state index contributed by atoms with van der Waals surface area (Å²) in [6.45, 7) is 13.6. The van der Waals surface area contributed by atoms with Gasteiger partial charge >= 0.3 is 17.9 Å². The molecular weight excluding hydrogens is 508 g/mol. The molecule has 0 heterocycles. The Balaban J connectivity index is 1.72. The van der Waals surface area contributed by atoms with Crippen molar-refractivity contribution in [1.29, 1.82) is 0 Å². The summed E-state index contributed by atoms with van der Waals surface area (Å²) in [5, 5.41) is 10.8. The van der Waals surface area contributed by atoms with Gasteiger partial charge in [-0.05, 0) is 80.0 Å². The third-order valence-electron chi connectivity index (χ3n) is 10.7. The van der Waals surface area contributed by atoms with Crippen LogP contribution < -0.4 is 0 Å². The number of aliphatic hydroxyl groups is 1. The van der Waals surface area contributed by atoms with Gasteiger partial charge in [0.2, 0.25) is 0 Å². The molecule has 1 N–H and O–H groups in total. The first-order valence-electron chi connectivity index (χ1n) is 15.3. The molecule has 4 aliphatic rings. The maximum Gasteiger partial charge on any atom is 0.302 e. The lowest BCUT2D eigenvalue weighted by Gasteiger charge is -2.59. The first-order valence-corrected chi connectivity index (χ1v) is 15.3.